The molecule has 11 heavy (non-hydrogen) atoms. The Morgan fingerprint density at radius 3 is 2.45 bits per heavy atom. The van der Waals surface area contributed by atoms with Crippen molar-refractivity contribution in [3.8, 4) is 0 Å². The van der Waals surface area contributed by atoms with Gasteiger partial charge >= 0.3 is 0 Å². The van der Waals surface area contributed by atoms with E-state index in [-0.39, 0.29) is 5.57 Å². The maximum atomic E-state index is 10.6. The van der Waals surface area contributed by atoms with Crippen molar-refractivity contribution in [3.63, 3.8) is 0 Å². The smallest absolute Gasteiger partial charge is 0.265 e. The van der Waals surface area contributed by atoms with Crippen molar-refractivity contribution in [3.05, 3.63) is 24.8 Å². The zero-order chi connectivity index (χ0) is 8.85. The molecule has 0 radical (unpaired) electrons. The van der Waals surface area contributed by atoms with Gasteiger partial charge in [0.2, 0.25) is 0 Å². The van der Waals surface area contributed by atoms with E-state index in [0.717, 1.165) is 0 Å². The van der Waals surface area contributed by atoms with Gasteiger partial charge in [-0.05, 0) is 12.8 Å². The first-order valence-corrected chi connectivity index (χ1v) is 3.10. The Bertz CT molecular complexity index is 175. The number of carbonyl (C=O) groups excluding carboxylic acids is 1. The molecule has 1 amide bonds. The van der Waals surface area contributed by atoms with Crippen molar-refractivity contribution in [1.29, 1.82) is 0 Å². The molecule has 0 aliphatic rings. The normalized spacial score (nSPS) is 8.91. The first kappa shape index (κ1) is 9.87. The van der Waals surface area contributed by atoms with Gasteiger partial charge in [-0.15, -0.1) is 6.58 Å². The van der Waals surface area contributed by atoms with Crippen LogP contribution in [0, 0.1) is 0 Å². The Morgan fingerprint density at radius 1 is 1.55 bits per heavy atom. The van der Waals surface area contributed by atoms with Gasteiger partial charge in [-0.3, -0.25) is 15.2 Å². The number of rotatable bonds is 4. The summed E-state index contributed by atoms with van der Waals surface area (Å²) < 4.78 is 0. The lowest BCUT2D eigenvalue weighted by Gasteiger charge is -2.06. The maximum Gasteiger partial charge on any atom is 0.298 e. The number of carbonyl (C=O) groups is 1. The summed E-state index contributed by atoms with van der Waals surface area (Å²) in [7, 11) is 0. The van der Waals surface area contributed by atoms with Crippen LogP contribution in [0.1, 0.15) is 12.8 Å². The second kappa shape index (κ2) is 4.65. The van der Waals surface area contributed by atoms with Crippen LogP contribution in [-0.2, 0) is 4.79 Å². The average Bonchev–Trinajstić information content (AvgIpc) is 1.98. The number of hydrogen-bond acceptors (Lipinski definition) is 3. The zero-order valence-electron chi connectivity index (χ0n) is 6.16. The molecule has 2 N–H and O–H groups in total. The predicted molar refractivity (Wildman–Crippen MR) is 39.0 cm³/mol. The quantitative estimate of drug-likeness (QED) is 0.278. The molecule has 0 aliphatic heterocycles. The molecule has 0 aliphatic carbocycles. The fourth-order valence-corrected chi connectivity index (χ4v) is 0.525. The first-order chi connectivity index (χ1) is 5.09. The van der Waals surface area contributed by atoms with E-state index in [1.165, 1.54) is 0 Å². The van der Waals surface area contributed by atoms with Crippen LogP contribution in [-0.4, -0.2) is 21.5 Å². The van der Waals surface area contributed by atoms with Crippen LogP contribution in [0.3, 0.4) is 0 Å². The van der Waals surface area contributed by atoms with E-state index in [1.807, 2.05) is 0 Å². The fraction of sp³-hybridized carbons (Fsp3) is 0.286. The Kier molecular flexibility index (Phi) is 4.17. The molecule has 0 spiro atoms. The molecule has 0 unspecified atom stereocenters. The Morgan fingerprint density at radius 2 is 2.09 bits per heavy atom. The topological polar surface area (TPSA) is 60.8 Å². The van der Waals surface area contributed by atoms with Crippen molar-refractivity contribution < 1.29 is 15.2 Å². The van der Waals surface area contributed by atoms with Gasteiger partial charge in [0, 0.05) is 5.57 Å². The monoisotopic (exact) mass is 157 g/mol. The Labute approximate surface area is 65.0 Å². The van der Waals surface area contributed by atoms with Crippen LogP contribution in [0.2, 0.25) is 0 Å². The predicted octanol–water partition coefficient (Wildman–Crippen LogP) is 1.12. The summed E-state index contributed by atoms with van der Waals surface area (Å²) in [6.45, 7) is 6.80. The van der Waals surface area contributed by atoms with Gasteiger partial charge in [-0.1, -0.05) is 17.9 Å². The molecule has 62 valence electrons. The summed E-state index contributed by atoms with van der Waals surface area (Å²) in [4.78, 5) is 10.6. The van der Waals surface area contributed by atoms with Gasteiger partial charge in [0.05, 0.1) is 0 Å². The minimum absolute atomic E-state index is 0.148. The largest absolute Gasteiger partial charge is 0.298 e. The third kappa shape index (κ3) is 3.54. The second-order valence-electron chi connectivity index (χ2n) is 2.03. The van der Waals surface area contributed by atoms with Gasteiger partial charge in [0.15, 0.2) is 0 Å². The second-order valence-corrected chi connectivity index (χ2v) is 2.03. The molecule has 4 nitrogen and oxygen atoms in total. The molecule has 0 saturated heterocycles. The number of allylic oxidation sites excluding steroid dienone is 1. The van der Waals surface area contributed by atoms with Crippen molar-refractivity contribution >= 4 is 5.91 Å². The van der Waals surface area contributed by atoms with Gasteiger partial charge in [-0.2, -0.15) is 0 Å². The van der Waals surface area contributed by atoms with E-state index in [2.05, 4.69) is 13.2 Å². The van der Waals surface area contributed by atoms with Crippen molar-refractivity contribution in [2.75, 3.05) is 0 Å². The minimum atomic E-state index is -0.883. The van der Waals surface area contributed by atoms with Crippen LogP contribution >= 0.6 is 0 Å². The fourth-order valence-electron chi connectivity index (χ4n) is 0.525. The standard InChI is InChI=1S/C7H11NO3/c1-3-4-5-6(2)7(9)8(10)11/h3,10-11H,1-2,4-5H2. The van der Waals surface area contributed by atoms with Gasteiger partial charge < -0.3 is 0 Å². The lowest BCUT2D eigenvalue weighted by atomic mass is 10.1. The highest BCUT2D eigenvalue weighted by Crippen LogP contribution is 2.04. The molecule has 0 aromatic heterocycles. The van der Waals surface area contributed by atoms with Crippen LogP contribution in [0.15, 0.2) is 24.8 Å². The van der Waals surface area contributed by atoms with Crippen LogP contribution in [0.5, 0.6) is 0 Å². The summed E-state index contributed by atoms with van der Waals surface area (Å²) in [5.74, 6) is -0.883. The summed E-state index contributed by atoms with van der Waals surface area (Å²) in [6, 6.07) is 0. The van der Waals surface area contributed by atoms with Crippen LogP contribution in [0.4, 0.5) is 0 Å². The minimum Gasteiger partial charge on any atom is -0.265 e. The lowest BCUT2D eigenvalue weighted by molar-refractivity contribution is -0.281. The molecular formula is C7H11NO3. The lowest BCUT2D eigenvalue weighted by Crippen LogP contribution is -2.24. The summed E-state index contributed by atoms with van der Waals surface area (Å²) in [5.41, 5.74) is 0.148. The number of hydrogen-bond donors (Lipinski definition) is 2. The Balaban J connectivity index is 3.83. The average molecular weight is 157 g/mol. The zero-order valence-corrected chi connectivity index (χ0v) is 6.16. The highest BCUT2D eigenvalue weighted by molar-refractivity contribution is 5.91. The van der Waals surface area contributed by atoms with Gasteiger partial charge in [0.1, 0.15) is 0 Å². The summed E-state index contributed by atoms with van der Waals surface area (Å²) in [6.07, 6.45) is 2.61. The number of hydroxylamine groups is 2. The maximum absolute atomic E-state index is 10.6. The van der Waals surface area contributed by atoms with Gasteiger partial charge in [0.25, 0.3) is 5.91 Å². The molecule has 4 heteroatoms. The van der Waals surface area contributed by atoms with E-state index in [1.54, 1.807) is 6.08 Å². The molecule has 0 rings (SSSR count). The van der Waals surface area contributed by atoms with Crippen LogP contribution in [0.25, 0.3) is 0 Å². The molecule has 0 saturated carbocycles. The van der Waals surface area contributed by atoms with Gasteiger partial charge in [-0.25, -0.2) is 0 Å². The first-order valence-electron chi connectivity index (χ1n) is 3.10. The molecular weight excluding hydrogens is 146 g/mol. The van der Waals surface area contributed by atoms with Crippen molar-refractivity contribution in [2.45, 2.75) is 12.8 Å². The number of nitrogens with zero attached hydrogens (tertiary/aromatic N) is 1. The highest BCUT2D eigenvalue weighted by atomic mass is 16.8. The van der Waals surface area contributed by atoms with E-state index >= 15 is 0 Å². The highest BCUT2D eigenvalue weighted by Gasteiger charge is 2.10. The molecule has 0 heterocycles. The van der Waals surface area contributed by atoms with E-state index in [0.29, 0.717) is 12.8 Å². The molecule has 0 aromatic carbocycles. The summed E-state index contributed by atoms with van der Waals surface area (Å²) in [5, 5.41) is 16.0. The van der Waals surface area contributed by atoms with E-state index in [4.69, 9.17) is 10.4 Å². The third-order valence-electron chi connectivity index (χ3n) is 1.13. The van der Waals surface area contributed by atoms with E-state index < -0.39 is 11.1 Å². The molecule has 0 aromatic rings. The molecule has 0 fully saturated rings. The van der Waals surface area contributed by atoms with Crippen LogP contribution < -0.4 is 0 Å². The Hall–Kier alpha value is -1.13. The third-order valence-corrected chi connectivity index (χ3v) is 1.13. The number of amides is 1. The SMILES string of the molecule is C=CCCC(=C)C(=O)N(O)O. The van der Waals surface area contributed by atoms with E-state index in [9.17, 15) is 4.79 Å². The van der Waals surface area contributed by atoms with Crippen molar-refractivity contribution in [1.82, 2.24) is 5.23 Å². The summed E-state index contributed by atoms with van der Waals surface area (Å²) >= 11 is 0. The van der Waals surface area contributed by atoms with Crippen molar-refractivity contribution in [2.24, 2.45) is 0 Å². The molecule has 0 atom stereocenters. The molecule has 0 bridgehead atoms.